The molecule has 0 fully saturated rings. The monoisotopic (exact) mass is 1240 g/mol. The van der Waals surface area contributed by atoms with Gasteiger partial charge in [0.15, 0.2) is 0 Å². The Morgan fingerprint density at radius 2 is 0.545 bits per heavy atom. The highest BCUT2D eigenvalue weighted by molar-refractivity contribution is 7.32. The van der Waals surface area contributed by atoms with Crippen LogP contribution in [-0.4, -0.2) is 26.4 Å². The van der Waals surface area contributed by atoms with Crippen LogP contribution in [0.4, 0.5) is 0 Å². The van der Waals surface area contributed by atoms with Crippen LogP contribution in [0.1, 0.15) is 226 Å². The highest BCUT2D eigenvalue weighted by Crippen LogP contribution is 2.70. The minimum Gasteiger partial charge on any atom is -0.494 e. The Kier molecular flexibility index (Phi) is 21.1. The average Bonchev–Trinajstić information content (AvgIpc) is 1.51. The molecule has 0 amide bonds. The predicted molar refractivity (Wildman–Crippen MR) is 381 cm³/mol. The van der Waals surface area contributed by atoms with Crippen molar-refractivity contribution < 1.29 is 18.9 Å². The van der Waals surface area contributed by atoms with Crippen LogP contribution in [0.5, 0.6) is 23.0 Å². The van der Waals surface area contributed by atoms with Gasteiger partial charge >= 0.3 is 0 Å². The molecule has 2 aliphatic carbocycles. The van der Waals surface area contributed by atoms with Crippen molar-refractivity contribution in [2.75, 3.05) is 26.4 Å². The summed E-state index contributed by atoms with van der Waals surface area (Å²) in [6.45, 7) is 12.1. The summed E-state index contributed by atoms with van der Waals surface area (Å²) in [6.07, 6.45) is 29.7. The molecule has 0 saturated carbocycles. The van der Waals surface area contributed by atoms with Crippen molar-refractivity contribution in [1.82, 2.24) is 0 Å². The van der Waals surface area contributed by atoms with Gasteiger partial charge in [-0.1, -0.05) is 229 Å². The second-order valence-electron chi connectivity index (χ2n) is 25.0. The summed E-state index contributed by atoms with van der Waals surface area (Å²) in [5.41, 5.74) is 12.0. The molecule has 0 spiro atoms. The predicted octanol–water partition coefficient (Wildman–Crippen LogP) is 25.1. The second kappa shape index (κ2) is 29.8. The Labute approximate surface area is 541 Å². The molecular weight excluding hydrogens is 1150 g/mol. The molecule has 0 unspecified atom stereocenters. The van der Waals surface area contributed by atoms with Crippen molar-refractivity contribution in [2.45, 2.75) is 193 Å². The number of benzene rings is 6. The average molecular weight is 1250 g/mol. The van der Waals surface area contributed by atoms with Crippen molar-refractivity contribution in [3.8, 4) is 43.9 Å². The molecule has 2 aliphatic rings. The lowest BCUT2D eigenvalue weighted by molar-refractivity contribution is 0.304. The van der Waals surface area contributed by atoms with Gasteiger partial charge in [0.25, 0.3) is 0 Å². The third kappa shape index (κ3) is 12.5. The molecule has 4 heterocycles. The summed E-state index contributed by atoms with van der Waals surface area (Å²) in [7, 11) is 0. The fourth-order valence-electron chi connectivity index (χ4n) is 14.4. The summed E-state index contributed by atoms with van der Waals surface area (Å²) < 4.78 is 31.8. The normalized spacial score (nSPS) is 13.5. The fraction of sp³-hybridized carbons (Fsp3) is 0.425. The van der Waals surface area contributed by atoms with E-state index in [1.807, 2.05) is 45.3 Å². The van der Waals surface area contributed by atoms with E-state index in [0.717, 1.165) is 75.1 Å². The van der Waals surface area contributed by atoms with E-state index in [1.54, 1.807) is 0 Å². The van der Waals surface area contributed by atoms with E-state index in [0.29, 0.717) is 0 Å². The SMILES string of the molecule is CCCCCCCCOc1ccc(C2(c3ccc(OCCCCCCCC)cc3)c3c(ccc4ccsc34)-c3sc4c5c(sc4c32)-c2ccc3ccsc3c2C5(c2ccc(OCCCCCCCC)cc2)c2ccc(OCCCCCCCC)cc2)cc1. The van der Waals surface area contributed by atoms with Gasteiger partial charge in [-0.3, -0.25) is 0 Å². The summed E-state index contributed by atoms with van der Waals surface area (Å²) >= 11 is 7.82. The largest absolute Gasteiger partial charge is 0.494 e. The number of thiophene rings is 4. The topological polar surface area (TPSA) is 36.9 Å². The van der Waals surface area contributed by atoms with Crippen molar-refractivity contribution in [3.05, 3.63) is 189 Å². The van der Waals surface area contributed by atoms with E-state index in [-0.39, 0.29) is 0 Å². The van der Waals surface area contributed by atoms with Crippen LogP contribution in [0.2, 0.25) is 0 Å². The van der Waals surface area contributed by atoms with E-state index < -0.39 is 10.8 Å². The van der Waals surface area contributed by atoms with Crippen molar-refractivity contribution >= 4 is 74.9 Å². The summed E-state index contributed by atoms with van der Waals surface area (Å²) in [6, 6.07) is 51.5. The van der Waals surface area contributed by atoms with Crippen LogP contribution >= 0.6 is 45.3 Å². The number of unbranched alkanes of at least 4 members (excludes halogenated alkanes) is 20. The van der Waals surface area contributed by atoms with Crippen LogP contribution < -0.4 is 18.9 Å². The molecule has 10 aromatic rings. The molecule has 4 nitrogen and oxygen atoms in total. The zero-order valence-electron chi connectivity index (χ0n) is 52.9. The number of hydrogen-bond donors (Lipinski definition) is 0. The first kappa shape index (κ1) is 62.3. The number of rotatable bonds is 36. The van der Waals surface area contributed by atoms with Gasteiger partial charge in [0.2, 0.25) is 0 Å². The summed E-state index contributed by atoms with van der Waals surface area (Å²) in [5.74, 6) is 3.73. The Morgan fingerprint density at radius 3 is 0.830 bits per heavy atom. The summed E-state index contributed by atoms with van der Waals surface area (Å²) in [4.78, 5) is 2.73. The van der Waals surface area contributed by atoms with E-state index in [4.69, 9.17) is 18.9 Å². The first-order valence-electron chi connectivity index (χ1n) is 34.1. The standard InChI is InChI=1S/C80H92O4S4/c1-5-9-13-17-21-25-51-81-63-39-31-59(32-40-63)79(60-33-41-64(42-34-60)82-52-26-22-18-14-10-6-2)69-67(47-29-57-49-55-85-73(57)69)75-71(79)77-78(87-75)72-76(88-77)68-48-30-58-50-56-86-74(58)70(68)80(72,61-35-43-65(44-36-61)83-53-27-23-19-15-11-7-3)62-37-45-66(46-38-62)84-54-28-24-20-16-12-8-4/h29-50,55-56H,5-28,51-54H2,1-4H3. The van der Waals surface area contributed by atoms with Gasteiger partial charge in [-0.05, 0) is 152 Å². The molecule has 460 valence electrons. The van der Waals surface area contributed by atoms with E-state index in [1.165, 1.54) is 223 Å². The van der Waals surface area contributed by atoms with Crippen molar-refractivity contribution in [2.24, 2.45) is 0 Å². The minimum atomic E-state index is -0.658. The zero-order valence-corrected chi connectivity index (χ0v) is 56.2. The lowest BCUT2D eigenvalue weighted by Gasteiger charge is -2.35. The Balaban J connectivity index is 1.02. The molecule has 4 aromatic heterocycles. The molecule has 8 heteroatoms. The number of fused-ring (bicyclic) bond motifs is 13. The molecule has 12 rings (SSSR count). The van der Waals surface area contributed by atoms with Crippen LogP contribution in [0, 0.1) is 0 Å². The maximum Gasteiger partial charge on any atom is 0.119 e. The molecule has 0 atom stereocenters. The van der Waals surface area contributed by atoms with Crippen LogP contribution in [0.3, 0.4) is 0 Å². The van der Waals surface area contributed by atoms with Crippen LogP contribution in [0.25, 0.3) is 50.5 Å². The van der Waals surface area contributed by atoms with Gasteiger partial charge < -0.3 is 18.9 Å². The third-order valence-electron chi connectivity index (χ3n) is 19.0. The van der Waals surface area contributed by atoms with Gasteiger partial charge in [-0.2, -0.15) is 0 Å². The lowest BCUT2D eigenvalue weighted by Crippen LogP contribution is -2.29. The third-order valence-corrected chi connectivity index (χ3v) is 23.5. The first-order valence-corrected chi connectivity index (χ1v) is 37.5. The van der Waals surface area contributed by atoms with Gasteiger partial charge in [0.05, 0.1) is 46.7 Å². The summed E-state index contributed by atoms with van der Waals surface area (Å²) in [5, 5.41) is 7.17. The maximum absolute atomic E-state index is 6.59. The van der Waals surface area contributed by atoms with Gasteiger partial charge in [-0.15, -0.1) is 45.3 Å². The Bertz CT molecular complexity index is 3450. The quantitative estimate of drug-likeness (QED) is 0.0367. The van der Waals surface area contributed by atoms with E-state index >= 15 is 0 Å². The highest BCUT2D eigenvalue weighted by atomic mass is 32.1. The van der Waals surface area contributed by atoms with Gasteiger partial charge in [-0.25, -0.2) is 0 Å². The first-order chi connectivity index (χ1) is 43.5. The molecule has 0 radical (unpaired) electrons. The number of hydrogen-bond acceptors (Lipinski definition) is 8. The molecule has 88 heavy (non-hydrogen) atoms. The van der Waals surface area contributed by atoms with Crippen LogP contribution in [0.15, 0.2) is 144 Å². The van der Waals surface area contributed by atoms with Crippen LogP contribution in [-0.2, 0) is 10.8 Å². The molecule has 0 aliphatic heterocycles. The van der Waals surface area contributed by atoms with Gasteiger partial charge in [0, 0.05) is 30.3 Å². The van der Waals surface area contributed by atoms with E-state index in [9.17, 15) is 0 Å². The zero-order chi connectivity index (χ0) is 60.1. The molecule has 6 aromatic carbocycles. The number of ether oxygens (including phenoxy) is 4. The smallest absolute Gasteiger partial charge is 0.119 e. The minimum absolute atomic E-state index is 0.658. The fourth-order valence-corrected chi connectivity index (χ4v) is 19.6. The highest BCUT2D eigenvalue weighted by Gasteiger charge is 2.55. The molecular formula is C80H92O4S4. The lowest BCUT2D eigenvalue weighted by atomic mass is 9.66. The van der Waals surface area contributed by atoms with E-state index in [2.05, 4.69) is 172 Å². The molecule has 0 N–H and O–H groups in total. The maximum atomic E-state index is 6.59. The Morgan fingerprint density at radius 1 is 0.273 bits per heavy atom. The van der Waals surface area contributed by atoms with Crippen molar-refractivity contribution in [3.63, 3.8) is 0 Å². The second-order valence-corrected chi connectivity index (χ2v) is 28.9. The van der Waals surface area contributed by atoms with Gasteiger partial charge in [0.1, 0.15) is 23.0 Å². The Hall–Kier alpha value is -5.90. The molecule has 0 bridgehead atoms. The van der Waals surface area contributed by atoms with Crippen molar-refractivity contribution in [1.29, 1.82) is 0 Å². The molecule has 0 saturated heterocycles.